The van der Waals surface area contributed by atoms with Crippen molar-refractivity contribution in [3.8, 4) is 11.5 Å². The average Bonchev–Trinajstić information content (AvgIpc) is 2.60. The molecule has 2 aromatic rings. The summed E-state index contributed by atoms with van der Waals surface area (Å²) in [5.41, 5.74) is 2.73. The van der Waals surface area contributed by atoms with Gasteiger partial charge in [0, 0.05) is 19.2 Å². The van der Waals surface area contributed by atoms with Crippen LogP contribution in [-0.4, -0.2) is 49.3 Å². The van der Waals surface area contributed by atoms with Gasteiger partial charge in [-0.3, -0.25) is 4.79 Å². The SMILES string of the molecule is COc1ccc(C(=O)N(C)CC(O)COc2ccc(C)cc2C)cc1. The molecule has 0 aromatic heterocycles. The third-order valence-corrected chi connectivity index (χ3v) is 3.93. The highest BCUT2D eigenvalue weighted by molar-refractivity contribution is 5.94. The lowest BCUT2D eigenvalue weighted by Crippen LogP contribution is -2.37. The third-order valence-electron chi connectivity index (χ3n) is 3.93. The molecule has 0 spiro atoms. The molecule has 0 radical (unpaired) electrons. The van der Waals surface area contributed by atoms with Crippen LogP contribution in [0.15, 0.2) is 42.5 Å². The van der Waals surface area contributed by atoms with Crippen LogP contribution in [0.25, 0.3) is 0 Å². The summed E-state index contributed by atoms with van der Waals surface area (Å²) < 4.78 is 10.7. The van der Waals surface area contributed by atoms with E-state index in [1.165, 1.54) is 4.90 Å². The number of hydrogen-bond acceptors (Lipinski definition) is 4. The molecule has 5 heteroatoms. The fraction of sp³-hybridized carbons (Fsp3) is 0.350. The van der Waals surface area contributed by atoms with Gasteiger partial charge in [0.05, 0.1) is 7.11 Å². The lowest BCUT2D eigenvalue weighted by Gasteiger charge is -2.21. The molecule has 0 heterocycles. The molecule has 0 fully saturated rings. The highest BCUT2D eigenvalue weighted by atomic mass is 16.5. The second kappa shape index (κ2) is 8.53. The molecule has 0 saturated carbocycles. The van der Waals surface area contributed by atoms with Gasteiger partial charge in [0.15, 0.2) is 0 Å². The number of ether oxygens (including phenoxy) is 2. The van der Waals surface area contributed by atoms with Crippen molar-refractivity contribution >= 4 is 5.91 Å². The predicted molar refractivity (Wildman–Crippen MR) is 97.4 cm³/mol. The van der Waals surface area contributed by atoms with Crippen LogP contribution in [0.5, 0.6) is 11.5 Å². The van der Waals surface area contributed by atoms with E-state index < -0.39 is 6.10 Å². The Balaban J connectivity index is 1.88. The maximum Gasteiger partial charge on any atom is 0.253 e. The fourth-order valence-corrected chi connectivity index (χ4v) is 2.55. The van der Waals surface area contributed by atoms with Crippen LogP contribution in [0, 0.1) is 13.8 Å². The highest BCUT2D eigenvalue weighted by Gasteiger charge is 2.16. The normalized spacial score (nSPS) is 11.7. The molecule has 5 nitrogen and oxygen atoms in total. The van der Waals surface area contributed by atoms with Crippen LogP contribution in [0.3, 0.4) is 0 Å². The minimum atomic E-state index is -0.770. The molecule has 1 atom stereocenters. The van der Waals surface area contributed by atoms with Gasteiger partial charge in [0.1, 0.15) is 24.2 Å². The zero-order chi connectivity index (χ0) is 18.4. The number of rotatable bonds is 7. The summed E-state index contributed by atoms with van der Waals surface area (Å²) in [4.78, 5) is 13.9. The summed E-state index contributed by atoms with van der Waals surface area (Å²) in [6.07, 6.45) is -0.770. The molecule has 1 amide bonds. The van der Waals surface area contributed by atoms with Gasteiger partial charge in [-0.25, -0.2) is 0 Å². The van der Waals surface area contributed by atoms with Crippen LogP contribution >= 0.6 is 0 Å². The number of aliphatic hydroxyl groups is 1. The molecular formula is C20H25NO4. The minimum absolute atomic E-state index is 0.129. The number of likely N-dealkylation sites (N-methyl/N-ethyl adjacent to an activating group) is 1. The van der Waals surface area contributed by atoms with Crippen LogP contribution in [0.1, 0.15) is 21.5 Å². The first-order valence-electron chi connectivity index (χ1n) is 8.18. The minimum Gasteiger partial charge on any atom is -0.497 e. The van der Waals surface area contributed by atoms with E-state index in [9.17, 15) is 9.90 Å². The van der Waals surface area contributed by atoms with Crippen LogP contribution < -0.4 is 9.47 Å². The summed E-state index contributed by atoms with van der Waals surface area (Å²) >= 11 is 0. The van der Waals surface area contributed by atoms with E-state index >= 15 is 0 Å². The molecule has 0 aliphatic heterocycles. The van der Waals surface area contributed by atoms with Crippen molar-refractivity contribution in [2.24, 2.45) is 0 Å². The second-order valence-electron chi connectivity index (χ2n) is 6.15. The van der Waals surface area contributed by atoms with Crippen molar-refractivity contribution in [2.45, 2.75) is 20.0 Å². The first kappa shape index (κ1) is 18.8. The summed E-state index contributed by atoms with van der Waals surface area (Å²) in [7, 11) is 3.24. The number of nitrogens with zero attached hydrogens (tertiary/aromatic N) is 1. The molecule has 0 aliphatic rings. The largest absolute Gasteiger partial charge is 0.497 e. The van der Waals surface area contributed by atoms with Crippen molar-refractivity contribution in [3.05, 3.63) is 59.2 Å². The number of carbonyl (C=O) groups is 1. The zero-order valence-corrected chi connectivity index (χ0v) is 15.2. The number of methoxy groups -OCH3 is 1. The molecule has 0 aliphatic carbocycles. The highest BCUT2D eigenvalue weighted by Crippen LogP contribution is 2.19. The Morgan fingerprint density at radius 1 is 1.16 bits per heavy atom. The number of aliphatic hydroxyl groups excluding tert-OH is 1. The molecule has 25 heavy (non-hydrogen) atoms. The maximum atomic E-state index is 12.4. The molecular weight excluding hydrogens is 318 g/mol. The summed E-state index contributed by atoms with van der Waals surface area (Å²) in [5.74, 6) is 1.28. The summed E-state index contributed by atoms with van der Waals surface area (Å²) in [6, 6.07) is 12.8. The molecule has 2 rings (SSSR count). The average molecular weight is 343 g/mol. The fourth-order valence-electron chi connectivity index (χ4n) is 2.55. The number of hydrogen-bond donors (Lipinski definition) is 1. The number of amides is 1. The monoisotopic (exact) mass is 343 g/mol. The van der Waals surface area contributed by atoms with Crippen molar-refractivity contribution in [3.63, 3.8) is 0 Å². The molecule has 134 valence electrons. The lowest BCUT2D eigenvalue weighted by molar-refractivity contribution is 0.0562. The van der Waals surface area contributed by atoms with Gasteiger partial charge < -0.3 is 19.5 Å². The van der Waals surface area contributed by atoms with Gasteiger partial charge in [-0.2, -0.15) is 0 Å². The zero-order valence-electron chi connectivity index (χ0n) is 15.2. The smallest absolute Gasteiger partial charge is 0.253 e. The molecule has 1 unspecified atom stereocenters. The lowest BCUT2D eigenvalue weighted by atomic mass is 10.1. The van der Waals surface area contributed by atoms with Crippen molar-refractivity contribution in [1.29, 1.82) is 0 Å². The Kier molecular flexibility index (Phi) is 6.42. The van der Waals surface area contributed by atoms with Gasteiger partial charge >= 0.3 is 0 Å². The van der Waals surface area contributed by atoms with E-state index in [-0.39, 0.29) is 19.1 Å². The summed E-state index contributed by atoms with van der Waals surface area (Å²) in [6.45, 7) is 4.30. The first-order valence-corrected chi connectivity index (χ1v) is 8.18. The van der Waals surface area contributed by atoms with E-state index in [1.807, 2.05) is 32.0 Å². The topological polar surface area (TPSA) is 59.0 Å². The van der Waals surface area contributed by atoms with Crippen LogP contribution in [-0.2, 0) is 0 Å². The number of carbonyl (C=O) groups excluding carboxylic acids is 1. The van der Waals surface area contributed by atoms with Crippen molar-refractivity contribution < 1.29 is 19.4 Å². The molecule has 0 bridgehead atoms. The van der Waals surface area contributed by atoms with Crippen LogP contribution in [0.4, 0.5) is 0 Å². The van der Waals surface area contributed by atoms with E-state index in [0.29, 0.717) is 11.3 Å². The predicted octanol–water partition coefficient (Wildman–Crippen LogP) is 2.82. The van der Waals surface area contributed by atoms with Crippen molar-refractivity contribution in [1.82, 2.24) is 4.90 Å². The van der Waals surface area contributed by atoms with Crippen LogP contribution in [0.2, 0.25) is 0 Å². The first-order chi connectivity index (χ1) is 11.9. The second-order valence-corrected chi connectivity index (χ2v) is 6.15. The van der Waals surface area contributed by atoms with E-state index in [2.05, 4.69) is 0 Å². The molecule has 2 aromatic carbocycles. The van der Waals surface area contributed by atoms with Crippen molar-refractivity contribution in [2.75, 3.05) is 27.3 Å². The van der Waals surface area contributed by atoms with E-state index in [4.69, 9.17) is 9.47 Å². The van der Waals surface area contributed by atoms with Gasteiger partial charge in [-0.15, -0.1) is 0 Å². The Bertz CT molecular complexity index is 712. The standard InChI is InChI=1S/C20H25NO4/c1-14-5-10-19(15(2)11-14)25-13-17(22)12-21(3)20(23)16-6-8-18(24-4)9-7-16/h5-11,17,22H,12-13H2,1-4H3. The Labute approximate surface area is 148 Å². The van der Waals surface area contributed by atoms with E-state index in [0.717, 1.165) is 16.9 Å². The molecule has 1 N–H and O–H groups in total. The maximum absolute atomic E-state index is 12.4. The Hall–Kier alpha value is -2.53. The third kappa shape index (κ3) is 5.22. The van der Waals surface area contributed by atoms with E-state index in [1.54, 1.807) is 38.4 Å². The quantitative estimate of drug-likeness (QED) is 0.840. The summed E-state index contributed by atoms with van der Waals surface area (Å²) in [5, 5.41) is 10.2. The number of benzene rings is 2. The molecule has 0 saturated heterocycles. The van der Waals surface area contributed by atoms with Gasteiger partial charge in [0.25, 0.3) is 5.91 Å². The van der Waals surface area contributed by atoms with Gasteiger partial charge in [-0.05, 0) is 49.7 Å². The Morgan fingerprint density at radius 3 is 2.44 bits per heavy atom. The van der Waals surface area contributed by atoms with Gasteiger partial charge in [0.2, 0.25) is 0 Å². The van der Waals surface area contributed by atoms with Gasteiger partial charge in [-0.1, -0.05) is 17.7 Å². The number of aryl methyl sites for hydroxylation is 2. The Morgan fingerprint density at radius 2 is 1.84 bits per heavy atom.